The maximum absolute atomic E-state index is 12.8. The number of nitriles is 1. The van der Waals surface area contributed by atoms with Crippen LogP contribution in [0.3, 0.4) is 0 Å². The molecular weight excluding hydrogens is 370 g/mol. The molecule has 1 aromatic rings. The Labute approximate surface area is 159 Å². The van der Waals surface area contributed by atoms with E-state index in [2.05, 4.69) is 0 Å². The molecule has 9 heteroatoms. The molecule has 1 aliphatic heterocycles. The molecule has 27 heavy (non-hydrogen) atoms. The fourth-order valence-electron chi connectivity index (χ4n) is 2.73. The topological polar surface area (TPSA) is 108 Å². The summed E-state index contributed by atoms with van der Waals surface area (Å²) in [5, 5.41) is 9.13. The number of esters is 1. The van der Waals surface area contributed by atoms with E-state index in [4.69, 9.17) is 10.00 Å². The smallest absolute Gasteiger partial charge is 0.306 e. The molecule has 0 atom stereocenters. The lowest BCUT2D eigenvalue weighted by Gasteiger charge is -2.34. The normalized spacial score (nSPS) is 15.2. The first-order valence-electron chi connectivity index (χ1n) is 8.82. The molecule has 0 saturated carbocycles. The van der Waals surface area contributed by atoms with E-state index >= 15 is 0 Å². The summed E-state index contributed by atoms with van der Waals surface area (Å²) in [5.41, 5.74) is 0.0926. The minimum absolute atomic E-state index is 0.0304. The van der Waals surface area contributed by atoms with Gasteiger partial charge in [-0.25, -0.2) is 8.42 Å². The Bertz CT molecular complexity index is 824. The largest absolute Gasteiger partial charge is 0.456 e. The van der Waals surface area contributed by atoms with E-state index in [-0.39, 0.29) is 55.6 Å². The van der Waals surface area contributed by atoms with E-state index in [9.17, 15) is 18.0 Å². The Morgan fingerprint density at radius 1 is 1.19 bits per heavy atom. The monoisotopic (exact) mass is 393 g/mol. The summed E-state index contributed by atoms with van der Waals surface area (Å²) >= 11 is 0. The molecule has 1 aliphatic rings. The van der Waals surface area contributed by atoms with Crippen LogP contribution in [0, 0.1) is 11.3 Å². The van der Waals surface area contributed by atoms with Gasteiger partial charge in [0.05, 0.1) is 10.5 Å². The summed E-state index contributed by atoms with van der Waals surface area (Å²) in [6.45, 7) is 2.29. The van der Waals surface area contributed by atoms with Crippen LogP contribution in [-0.2, 0) is 24.3 Å². The van der Waals surface area contributed by atoms with E-state index in [0.717, 1.165) is 6.42 Å². The van der Waals surface area contributed by atoms with E-state index in [1.165, 1.54) is 21.3 Å². The zero-order valence-corrected chi connectivity index (χ0v) is 16.1. The number of amides is 1. The third kappa shape index (κ3) is 5.28. The van der Waals surface area contributed by atoms with Crippen LogP contribution < -0.4 is 0 Å². The highest BCUT2D eigenvalue weighted by atomic mass is 32.2. The lowest BCUT2D eigenvalue weighted by atomic mass is 10.2. The standard InChI is InChI=1S/C18H23N3O5S/c1-2-3-8-18(23)26-14-17(22)20-9-11-21(12-10-20)27(24,25)16-7-5-4-6-15(16)13-19/h4-7H,2-3,8-12,14H2,1H3. The molecule has 2 rings (SSSR count). The van der Waals surface area contributed by atoms with Crippen molar-refractivity contribution in [2.75, 3.05) is 32.8 Å². The molecule has 146 valence electrons. The van der Waals surface area contributed by atoms with Crippen LogP contribution in [0.25, 0.3) is 0 Å². The maximum atomic E-state index is 12.8. The lowest BCUT2D eigenvalue weighted by molar-refractivity contribution is -0.152. The lowest BCUT2D eigenvalue weighted by Crippen LogP contribution is -2.51. The first kappa shape index (κ1) is 20.9. The molecule has 0 spiro atoms. The van der Waals surface area contributed by atoms with Gasteiger partial charge in [-0.15, -0.1) is 0 Å². The van der Waals surface area contributed by atoms with Crippen molar-refractivity contribution in [2.45, 2.75) is 31.1 Å². The van der Waals surface area contributed by atoms with Gasteiger partial charge in [0.2, 0.25) is 10.0 Å². The number of ether oxygens (including phenoxy) is 1. The Morgan fingerprint density at radius 2 is 1.85 bits per heavy atom. The van der Waals surface area contributed by atoms with Crippen molar-refractivity contribution in [1.82, 2.24) is 9.21 Å². The molecule has 1 heterocycles. The van der Waals surface area contributed by atoms with Gasteiger partial charge in [-0.3, -0.25) is 9.59 Å². The highest BCUT2D eigenvalue weighted by Crippen LogP contribution is 2.21. The van der Waals surface area contributed by atoms with Crippen molar-refractivity contribution in [3.05, 3.63) is 29.8 Å². The SMILES string of the molecule is CCCCC(=O)OCC(=O)N1CCN(S(=O)(=O)c2ccccc2C#N)CC1. The number of sulfonamides is 1. The number of hydrogen-bond acceptors (Lipinski definition) is 6. The third-order valence-corrected chi connectivity index (χ3v) is 6.26. The number of benzene rings is 1. The van der Waals surface area contributed by atoms with Gasteiger partial charge in [-0.05, 0) is 18.6 Å². The summed E-state index contributed by atoms with van der Waals surface area (Å²) in [7, 11) is -3.80. The number of rotatable bonds is 7. The van der Waals surface area contributed by atoms with Gasteiger partial charge in [-0.1, -0.05) is 25.5 Å². The highest BCUT2D eigenvalue weighted by Gasteiger charge is 2.31. The average Bonchev–Trinajstić information content (AvgIpc) is 2.70. The molecule has 0 aliphatic carbocycles. The second-order valence-electron chi connectivity index (χ2n) is 6.16. The zero-order valence-electron chi connectivity index (χ0n) is 15.3. The summed E-state index contributed by atoms with van der Waals surface area (Å²) in [5.74, 6) is -0.742. The third-order valence-electron chi connectivity index (χ3n) is 4.31. The van der Waals surface area contributed by atoms with Crippen molar-refractivity contribution in [2.24, 2.45) is 0 Å². The molecule has 0 aromatic heterocycles. The van der Waals surface area contributed by atoms with Crippen molar-refractivity contribution in [1.29, 1.82) is 5.26 Å². The Balaban J connectivity index is 1.92. The second-order valence-corrected chi connectivity index (χ2v) is 8.06. The van der Waals surface area contributed by atoms with Crippen LogP contribution in [0.1, 0.15) is 31.7 Å². The number of hydrogen-bond donors (Lipinski definition) is 0. The van der Waals surface area contributed by atoms with Gasteiger partial charge in [0.25, 0.3) is 5.91 Å². The van der Waals surface area contributed by atoms with E-state index in [1.54, 1.807) is 12.1 Å². The van der Waals surface area contributed by atoms with Gasteiger partial charge in [0.1, 0.15) is 6.07 Å². The van der Waals surface area contributed by atoms with Crippen molar-refractivity contribution in [3.63, 3.8) is 0 Å². The number of carbonyl (C=O) groups is 2. The van der Waals surface area contributed by atoms with Crippen LogP contribution in [0.4, 0.5) is 0 Å². The Hall–Kier alpha value is -2.44. The molecule has 1 fully saturated rings. The number of unbranched alkanes of at least 4 members (excludes halogenated alkanes) is 1. The van der Waals surface area contributed by atoms with Crippen LogP contribution in [0.2, 0.25) is 0 Å². The summed E-state index contributed by atoms with van der Waals surface area (Å²) in [6.07, 6.45) is 1.87. The van der Waals surface area contributed by atoms with Crippen LogP contribution >= 0.6 is 0 Å². The molecule has 1 amide bonds. The summed E-state index contributed by atoms with van der Waals surface area (Å²) in [4.78, 5) is 25.1. The fraction of sp³-hybridized carbons (Fsp3) is 0.500. The van der Waals surface area contributed by atoms with Crippen molar-refractivity contribution in [3.8, 4) is 6.07 Å². The highest BCUT2D eigenvalue weighted by molar-refractivity contribution is 7.89. The molecule has 1 aromatic carbocycles. The zero-order chi connectivity index (χ0) is 19.9. The minimum Gasteiger partial charge on any atom is -0.456 e. The minimum atomic E-state index is -3.80. The molecule has 0 N–H and O–H groups in total. The predicted octanol–water partition coefficient (Wildman–Crippen LogP) is 1.12. The van der Waals surface area contributed by atoms with Crippen LogP contribution in [-0.4, -0.2) is 62.3 Å². The summed E-state index contributed by atoms with van der Waals surface area (Å²) < 4.78 is 31.7. The predicted molar refractivity (Wildman–Crippen MR) is 97.0 cm³/mol. The molecule has 0 unspecified atom stereocenters. The molecule has 8 nitrogen and oxygen atoms in total. The Morgan fingerprint density at radius 3 is 2.48 bits per heavy atom. The second kappa shape index (κ2) is 9.48. The quantitative estimate of drug-likeness (QED) is 0.643. The fourth-order valence-corrected chi connectivity index (χ4v) is 4.29. The van der Waals surface area contributed by atoms with Gasteiger partial charge < -0.3 is 9.64 Å². The molecular formula is C18H23N3O5S. The van der Waals surface area contributed by atoms with Crippen molar-refractivity contribution >= 4 is 21.9 Å². The van der Waals surface area contributed by atoms with E-state index < -0.39 is 16.0 Å². The molecule has 0 radical (unpaired) electrons. The average molecular weight is 393 g/mol. The van der Waals surface area contributed by atoms with Crippen molar-refractivity contribution < 1.29 is 22.7 Å². The van der Waals surface area contributed by atoms with Crippen LogP contribution in [0.5, 0.6) is 0 Å². The van der Waals surface area contributed by atoms with Gasteiger partial charge in [-0.2, -0.15) is 9.57 Å². The van der Waals surface area contributed by atoms with Gasteiger partial charge in [0, 0.05) is 32.6 Å². The van der Waals surface area contributed by atoms with Crippen LogP contribution in [0.15, 0.2) is 29.2 Å². The first-order chi connectivity index (χ1) is 12.9. The molecule has 1 saturated heterocycles. The number of piperazine rings is 1. The summed E-state index contributed by atoms with van der Waals surface area (Å²) in [6, 6.07) is 7.93. The molecule has 0 bridgehead atoms. The van der Waals surface area contributed by atoms with E-state index in [0.29, 0.717) is 6.42 Å². The number of nitrogens with zero attached hydrogens (tertiary/aromatic N) is 3. The maximum Gasteiger partial charge on any atom is 0.306 e. The van der Waals surface area contributed by atoms with E-state index in [1.807, 2.05) is 13.0 Å². The number of carbonyl (C=O) groups excluding carboxylic acids is 2. The van der Waals surface area contributed by atoms with Gasteiger partial charge in [0.15, 0.2) is 6.61 Å². The Kier molecular flexibility index (Phi) is 7.33. The first-order valence-corrected chi connectivity index (χ1v) is 10.3. The van der Waals surface area contributed by atoms with Gasteiger partial charge >= 0.3 is 5.97 Å².